The van der Waals surface area contributed by atoms with Gasteiger partial charge in [0.1, 0.15) is 16.5 Å². The first kappa shape index (κ1) is 29.0. The molecular formula is C31H25ClF4N4O3. The fourth-order valence-electron chi connectivity index (χ4n) is 5.69. The average molecular weight is 613 g/mol. The molecule has 1 saturated carbocycles. The quantitative estimate of drug-likeness (QED) is 0.275. The Labute approximate surface area is 248 Å². The van der Waals surface area contributed by atoms with Crippen LogP contribution < -0.4 is 5.56 Å². The number of benzene rings is 1. The molecule has 2 fully saturated rings. The number of aliphatic hydroxyl groups excluding tert-OH is 1. The number of carbonyl (C=O) groups is 1. The Morgan fingerprint density at radius 2 is 1.81 bits per heavy atom. The van der Waals surface area contributed by atoms with E-state index in [1.165, 1.54) is 41.6 Å². The molecule has 2 aliphatic rings. The van der Waals surface area contributed by atoms with Gasteiger partial charge >= 0.3 is 0 Å². The van der Waals surface area contributed by atoms with E-state index in [9.17, 15) is 23.5 Å². The largest absolute Gasteiger partial charge is 0.389 e. The number of likely N-dealkylation sites (tertiary alicyclic amines) is 1. The molecule has 1 aromatic carbocycles. The number of aliphatic hydroxyl groups is 1. The summed E-state index contributed by atoms with van der Waals surface area (Å²) in [4.78, 5) is 35.7. The first-order chi connectivity index (χ1) is 20.5. The molecule has 12 heteroatoms. The Bertz CT molecular complexity index is 1840. The normalized spacial score (nSPS) is 18.2. The molecule has 222 valence electrons. The molecule has 3 aromatic heterocycles. The second-order valence-corrected chi connectivity index (χ2v) is 11.4. The third-order valence-corrected chi connectivity index (χ3v) is 8.43. The summed E-state index contributed by atoms with van der Waals surface area (Å²) in [5.41, 5.74) is -0.205. The topological polar surface area (TPSA) is 88.3 Å². The third-order valence-electron chi connectivity index (χ3n) is 8.05. The molecule has 2 atom stereocenters. The van der Waals surface area contributed by atoms with Crippen LogP contribution in [0.25, 0.3) is 16.9 Å². The van der Waals surface area contributed by atoms with E-state index in [0.29, 0.717) is 23.2 Å². The number of β-amino-alcohol motifs (C(OH)–C–C–N with tert-alkyl or cyclic N) is 1. The zero-order valence-electron chi connectivity index (χ0n) is 23.0. The van der Waals surface area contributed by atoms with Crippen molar-refractivity contribution in [2.45, 2.75) is 44.6 Å². The molecular weight excluding hydrogens is 588 g/mol. The van der Waals surface area contributed by atoms with Crippen molar-refractivity contribution in [3.05, 3.63) is 109 Å². The number of amides is 1. The van der Waals surface area contributed by atoms with E-state index in [2.05, 4.69) is 9.97 Å². The van der Waals surface area contributed by atoms with Gasteiger partial charge in [-0.15, -0.1) is 0 Å². The van der Waals surface area contributed by atoms with Crippen LogP contribution in [-0.4, -0.2) is 49.6 Å². The molecule has 7 nitrogen and oxygen atoms in total. The van der Waals surface area contributed by atoms with Crippen molar-refractivity contribution >= 4 is 17.5 Å². The molecule has 0 unspecified atom stereocenters. The van der Waals surface area contributed by atoms with Crippen LogP contribution in [0.3, 0.4) is 0 Å². The zero-order chi connectivity index (χ0) is 30.7. The van der Waals surface area contributed by atoms with Crippen LogP contribution in [0.15, 0.2) is 53.7 Å². The van der Waals surface area contributed by atoms with E-state index >= 15 is 8.78 Å². The number of rotatable bonds is 6. The zero-order valence-corrected chi connectivity index (χ0v) is 23.7. The van der Waals surface area contributed by atoms with Crippen LogP contribution in [-0.2, 0) is 0 Å². The summed E-state index contributed by atoms with van der Waals surface area (Å²) in [5, 5.41) is 9.38. The van der Waals surface area contributed by atoms with Crippen molar-refractivity contribution in [1.29, 1.82) is 0 Å². The van der Waals surface area contributed by atoms with Gasteiger partial charge in [-0.05, 0) is 73.1 Å². The number of alkyl halides is 2. The molecule has 4 aromatic rings. The molecule has 43 heavy (non-hydrogen) atoms. The predicted octanol–water partition coefficient (Wildman–Crippen LogP) is 5.87. The fraction of sp³-hybridized carbons (Fsp3) is 0.290. The molecule has 6 rings (SSSR count). The van der Waals surface area contributed by atoms with E-state index in [-0.39, 0.29) is 57.9 Å². The average Bonchev–Trinajstić information content (AvgIpc) is 3.76. The maximum Gasteiger partial charge on any atom is 0.274 e. The Hall–Kier alpha value is -4.09. The molecule has 0 bridgehead atoms. The summed E-state index contributed by atoms with van der Waals surface area (Å²) < 4.78 is 59.3. The highest BCUT2D eigenvalue weighted by Crippen LogP contribution is 2.56. The van der Waals surface area contributed by atoms with E-state index < -0.39 is 41.3 Å². The van der Waals surface area contributed by atoms with Crippen molar-refractivity contribution in [3.63, 3.8) is 0 Å². The van der Waals surface area contributed by atoms with Crippen LogP contribution in [0.4, 0.5) is 17.6 Å². The van der Waals surface area contributed by atoms with Gasteiger partial charge < -0.3 is 10.0 Å². The standard InChI is InChI=1S/C31H25ClF4N4O3/c1-14-9-38-27(19-4-3-5-20(25(19)33)30(42)39-12-18(41)13-39)26(34)28(14)40-15(2)6-23(24(32)31(40)43)22-8-21(22)16-7-17(29(35)36)11-37-10-16/h3-7,9-11,18,21-22,29,41H,8,12-13H2,1-2H3/t21-,22+/m1/s1. The number of nitrogens with zero attached hydrogens (tertiary/aromatic N) is 4. The van der Waals surface area contributed by atoms with Gasteiger partial charge in [0.05, 0.1) is 17.4 Å². The van der Waals surface area contributed by atoms with Crippen molar-refractivity contribution in [2.75, 3.05) is 13.1 Å². The van der Waals surface area contributed by atoms with Crippen molar-refractivity contribution in [3.8, 4) is 16.9 Å². The van der Waals surface area contributed by atoms with E-state index in [4.69, 9.17) is 11.6 Å². The highest BCUT2D eigenvalue weighted by Gasteiger charge is 2.42. The summed E-state index contributed by atoms with van der Waals surface area (Å²) >= 11 is 6.56. The summed E-state index contributed by atoms with van der Waals surface area (Å²) in [6.07, 6.45) is 1.18. The van der Waals surface area contributed by atoms with Crippen molar-refractivity contribution < 1.29 is 27.5 Å². The van der Waals surface area contributed by atoms with E-state index in [1.54, 1.807) is 19.9 Å². The molecule has 0 spiro atoms. The second-order valence-electron chi connectivity index (χ2n) is 11.0. The number of halogens is 5. The minimum Gasteiger partial charge on any atom is -0.389 e. The van der Waals surface area contributed by atoms with Gasteiger partial charge in [-0.3, -0.25) is 24.1 Å². The lowest BCUT2D eigenvalue weighted by Gasteiger charge is -2.36. The van der Waals surface area contributed by atoms with E-state index in [1.807, 2.05) is 0 Å². The third kappa shape index (κ3) is 5.00. The van der Waals surface area contributed by atoms with Gasteiger partial charge in [-0.2, -0.15) is 0 Å². The summed E-state index contributed by atoms with van der Waals surface area (Å²) in [6.45, 7) is 3.30. The summed E-state index contributed by atoms with van der Waals surface area (Å²) in [7, 11) is 0. The smallest absolute Gasteiger partial charge is 0.274 e. The fourth-order valence-corrected chi connectivity index (χ4v) is 5.97. The molecule has 1 amide bonds. The molecule has 1 aliphatic heterocycles. The number of hydrogen-bond donors (Lipinski definition) is 1. The van der Waals surface area contributed by atoms with Gasteiger partial charge in [0.15, 0.2) is 5.82 Å². The minimum absolute atomic E-state index is 0.0727. The van der Waals surface area contributed by atoms with Crippen LogP contribution in [0.1, 0.15) is 63.0 Å². The number of aryl methyl sites for hydroxylation is 2. The molecule has 1 N–H and O–H groups in total. The highest BCUT2D eigenvalue weighted by atomic mass is 35.5. The maximum absolute atomic E-state index is 16.2. The van der Waals surface area contributed by atoms with E-state index in [0.717, 1.165) is 10.8 Å². The highest BCUT2D eigenvalue weighted by molar-refractivity contribution is 6.31. The second kappa shape index (κ2) is 10.9. The number of pyridine rings is 3. The predicted molar refractivity (Wildman–Crippen MR) is 151 cm³/mol. The molecule has 1 aliphatic carbocycles. The Morgan fingerprint density at radius 3 is 2.51 bits per heavy atom. The Balaban J connectivity index is 1.38. The van der Waals surface area contributed by atoms with Gasteiger partial charge in [-0.1, -0.05) is 17.7 Å². The lowest BCUT2D eigenvalue weighted by molar-refractivity contribution is 0.00559. The van der Waals surface area contributed by atoms with Crippen LogP contribution in [0.5, 0.6) is 0 Å². The Kier molecular flexibility index (Phi) is 7.34. The van der Waals surface area contributed by atoms with Gasteiger partial charge in [0.25, 0.3) is 17.9 Å². The van der Waals surface area contributed by atoms with Crippen LogP contribution in [0, 0.1) is 25.5 Å². The van der Waals surface area contributed by atoms with Crippen molar-refractivity contribution in [2.24, 2.45) is 0 Å². The number of aromatic nitrogens is 3. The first-order valence-corrected chi connectivity index (χ1v) is 13.9. The number of hydrogen-bond acceptors (Lipinski definition) is 5. The van der Waals surface area contributed by atoms with Crippen LogP contribution in [0.2, 0.25) is 5.02 Å². The van der Waals surface area contributed by atoms with Crippen molar-refractivity contribution in [1.82, 2.24) is 19.4 Å². The van der Waals surface area contributed by atoms with Gasteiger partial charge in [0, 0.05) is 48.5 Å². The minimum atomic E-state index is -2.66. The Morgan fingerprint density at radius 1 is 1.07 bits per heavy atom. The molecule has 4 heterocycles. The first-order valence-electron chi connectivity index (χ1n) is 13.5. The lowest BCUT2D eigenvalue weighted by atomic mass is 10.0. The summed E-state index contributed by atoms with van der Waals surface area (Å²) in [6, 6.07) is 7.04. The maximum atomic E-state index is 16.2. The SMILES string of the molecule is Cc1cnc(-c2cccc(C(=O)N3CC(O)C3)c2F)c(F)c1-n1c(C)cc([C@H]2C[C@@H]2c2cncc(C(F)F)c2)c(Cl)c1=O. The molecule has 0 radical (unpaired) electrons. The summed E-state index contributed by atoms with van der Waals surface area (Å²) in [5.74, 6) is -2.94. The lowest BCUT2D eigenvalue weighted by Crippen LogP contribution is -2.53. The van der Waals surface area contributed by atoms with Gasteiger partial charge in [-0.25, -0.2) is 17.6 Å². The van der Waals surface area contributed by atoms with Crippen LogP contribution >= 0.6 is 11.6 Å². The number of carbonyl (C=O) groups excluding carboxylic acids is 1. The van der Waals surface area contributed by atoms with Gasteiger partial charge in [0.2, 0.25) is 0 Å². The molecule has 1 saturated heterocycles. The monoisotopic (exact) mass is 612 g/mol.